The first kappa shape index (κ1) is 18.9. The lowest BCUT2D eigenvalue weighted by Gasteiger charge is -2.40. The molecule has 0 saturated carbocycles. The lowest BCUT2D eigenvalue weighted by molar-refractivity contribution is 0.0429. The molecule has 0 bridgehead atoms. The second-order valence-electron chi connectivity index (χ2n) is 7.19. The third-order valence-electron chi connectivity index (χ3n) is 5.27. The van der Waals surface area contributed by atoms with Crippen LogP contribution >= 0.6 is 0 Å². The lowest BCUT2D eigenvalue weighted by Crippen LogP contribution is -2.60. The molecule has 3 rings (SSSR count). The highest BCUT2D eigenvalue weighted by molar-refractivity contribution is 5.75. The molecule has 2 aliphatic rings. The van der Waals surface area contributed by atoms with E-state index in [-0.39, 0.29) is 18.0 Å². The van der Waals surface area contributed by atoms with E-state index in [4.69, 9.17) is 4.74 Å². The second kappa shape index (κ2) is 8.68. The van der Waals surface area contributed by atoms with Gasteiger partial charge < -0.3 is 19.9 Å². The van der Waals surface area contributed by atoms with Gasteiger partial charge in [-0.1, -0.05) is 6.92 Å². The number of benzene rings is 1. The maximum Gasteiger partial charge on any atom is 0.317 e. The average Bonchev–Trinajstić information content (AvgIpc) is 2.61. The normalized spacial score (nSPS) is 20.5. The van der Waals surface area contributed by atoms with E-state index in [2.05, 4.69) is 29.1 Å². The molecule has 144 valence electrons. The predicted octanol–water partition coefficient (Wildman–Crippen LogP) is 1.62. The van der Waals surface area contributed by atoms with Crippen molar-refractivity contribution in [1.29, 1.82) is 0 Å². The minimum Gasteiger partial charge on any atom is -0.487 e. The van der Waals surface area contributed by atoms with Crippen LogP contribution in [0, 0.1) is 5.82 Å². The molecule has 0 spiro atoms. The summed E-state index contributed by atoms with van der Waals surface area (Å²) in [6.07, 6.45) is 1.01. The van der Waals surface area contributed by atoms with Crippen molar-refractivity contribution in [2.24, 2.45) is 0 Å². The number of ether oxygens (including phenoxy) is 1. The summed E-state index contributed by atoms with van der Waals surface area (Å²) in [6, 6.07) is 6.33. The van der Waals surface area contributed by atoms with E-state index in [0.29, 0.717) is 31.4 Å². The summed E-state index contributed by atoms with van der Waals surface area (Å²) in [4.78, 5) is 18.9. The number of carbonyl (C=O) groups excluding carboxylic acids is 1. The Kier molecular flexibility index (Phi) is 6.32. The van der Waals surface area contributed by atoms with Gasteiger partial charge in [0.2, 0.25) is 0 Å². The number of hydrogen-bond donors (Lipinski definition) is 1. The standard InChI is InChI=1S/C19H29FN4O2/c1-3-16(23-10-8-22(2)9-11-23)12-21-19(25)24-13-18(14-24)26-17-6-4-15(20)5-7-17/h4-7,16,18H,3,8-14H2,1-2H3,(H,21,25)/t16-/m1/s1. The van der Waals surface area contributed by atoms with Crippen LogP contribution in [0.2, 0.25) is 0 Å². The van der Waals surface area contributed by atoms with Gasteiger partial charge in [-0.3, -0.25) is 4.90 Å². The SMILES string of the molecule is CC[C@H](CNC(=O)N1CC(Oc2ccc(F)cc2)C1)N1CCN(C)CC1. The van der Waals surface area contributed by atoms with Gasteiger partial charge in [0.25, 0.3) is 0 Å². The van der Waals surface area contributed by atoms with Gasteiger partial charge in [-0.2, -0.15) is 0 Å². The second-order valence-corrected chi connectivity index (χ2v) is 7.19. The van der Waals surface area contributed by atoms with Crippen LogP contribution < -0.4 is 10.1 Å². The van der Waals surface area contributed by atoms with Crippen LogP contribution in [0.5, 0.6) is 5.75 Å². The summed E-state index contributed by atoms with van der Waals surface area (Å²) in [5.74, 6) is 0.357. The van der Waals surface area contributed by atoms with Crippen LogP contribution in [0.3, 0.4) is 0 Å². The highest BCUT2D eigenvalue weighted by Crippen LogP contribution is 2.18. The van der Waals surface area contributed by atoms with Gasteiger partial charge in [-0.15, -0.1) is 0 Å². The van der Waals surface area contributed by atoms with Gasteiger partial charge in [0.15, 0.2) is 0 Å². The summed E-state index contributed by atoms with van der Waals surface area (Å²) >= 11 is 0. The molecule has 0 unspecified atom stereocenters. The Labute approximate surface area is 154 Å². The Morgan fingerprint density at radius 2 is 1.88 bits per heavy atom. The first-order chi connectivity index (χ1) is 12.5. The van der Waals surface area contributed by atoms with Crippen molar-refractivity contribution in [1.82, 2.24) is 20.0 Å². The third-order valence-corrected chi connectivity index (χ3v) is 5.27. The zero-order valence-corrected chi connectivity index (χ0v) is 15.7. The maximum atomic E-state index is 12.9. The molecule has 7 heteroatoms. The molecule has 2 amide bonds. The van der Waals surface area contributed by atoms with Crippen molar-refractivity contribution in [2.75, 3.05) is 52.9 Å². The smallest absolute Gasteiger partial charge is 0.317 e. The van der Waals surface area contributed by atoms with E-state index >= 15 is 0 Å². The summed E-state index contributed by atoms with van der Waals surface area (Å²) in [5, 5.41) is 3.06. The van der Waals surface area contributed by atoms with Crippen LogP contribution in [0.25, 0.3) is 0 Å². The number of halogens is 1. The third kappa shape index (κ3) is 4.86. The van der Waals surface area contributed by atoms with E-state index in [1.54, 1.807) is 17.0 Å². The predicted molar refractivity (Wildman–Crippen MR) is 98.9 cm³/mol. The summed E-state index contributed by atoms with van der Waals surface area (Å²) in [6.45, 7) is 8.26. The fourth-order valence-corrected chi connectivity index (χ4v) is 3.42. The molecular weight excluding hydrogens is 335 g/mol. The van der Waals surface area contributed by atoms with Crippen molar-refractivity contribution in [2.45, 2.75) is 25.5 Å². The van der Waals surface area contributed by atoms with E-state index in [0.717, 1.165) is 32.6 Å². The number of likely N-dealkylation sites (tertiary alicyclic amines) is 1. The largest absolute Gasteiger partial charge is 0.487 e. The summed E-state index contributed by atoms with van der Waals surface area (Å²) in [7, 11) is 2.15. The van der Waals surface area contributed by atoms with Gasteiger partial charge in [0.05, 0.1) is 13.1 Å². The first-order valence-corrected chi connectivity index (χ1v) is 9.42. The highest BCUT2D eigenvalue weighted by atomic mass is 19.1. The summed E-state index contributed by atoms with van der Waals surface area (Å²) in [5.41, 5.74) is 0. The minimum atomic E-state index is -0.280. The van der Waals surface area contributed by atoms with Gasteiger partial charge >= 0.3 is 6.03 Å². The van der Waals surface area contributed by atoms with Crippen molar-refractivity contribution < 1.29 is 13.9 Å². The molecule has 2 aliphatic heterocycles. The number of rotatable bonds is 6. The molecule has 26 heavy (non-hydrogen) atoms. The van der Waals surface area contributed by atoms with Crippen molar-refractivity contribution in [3.8, 4) is 5.75 Å². The quantitative estimate of drug-likeness (QED) is 0.833. The first-order valence-electron chi connectivity index (χ1n) is 9.42. The van der Waals surface area contributed by atoms with Gasteiger partial charge in [-0.25, -0.2) is 9.18 Å². The highest BCUT2D eigenvalue weighted by Gasteiger charge is 2.32. The zero-order valence-electron chi connectivity index (χ0n) is 15.7. The van der Waals surface area contributed by atoms with Gasteiger partial charge in [0.1, 0.15) is 17.7 Å². The van der Waals surface area contributed by atoms with E-state index in [1.807, 2.05) is 0 Å². The number of piperazine rings is 1. The Balaban J connectivity index is 1.37. The number of amides is 2. The molecule has 0 radical (unpaired) electrons. The molecule has 6 nitrogen and oxygen atoms in total. The van der Waals surface area contributed by atoms with Crippen LogP contribution in [0.4, 0.5) is 9.18 Å². The topological polar surface area (TPSA) is 48.1 Å². The number of hydrogen-bond acceptors (Lipinski definition) is 4. The average molecular weight is 364 g/mol. The maximum absolute atomic E-state index is 12.9. The number of urea groups is 1. The molecule has 1 aromatic rings. The fraction of sp³-hybridized carbons (Fsp3) is 0.632. The number of nitrogens with zero attached hydrogens (tertiary/aromatic N) is 3. The number of likely N-dealkylation sites (N-methyl/N-ethyl adjacent to an activating group) is 1. The Hall–Kier alpha value is -1.86. The Morgan fingerprint density at radius 3 is 2.50 bits per heavy atom. The zero-order chi connectivity index (χ0) is 18.5. The molecule has 0 aromatic heterocycles. The summed E-state index contributed by atoms with van der Waals surface area (Å²) < 4.78 is 18.6. The van der Waals surface area contributed by atoms with Crippen molar-refractivity contribution in [3.63, 3.8) is 0 Å². The molecular formula is C19H29FN4O2. The molecule has 2 heterocycles. The minimum absolute atomic E-state index is 0.0224. The van der Waals surface area contributed by atoms with E-state index < -0.39 is 0 Å². The van der Waals surface area contributed by atoms with Crippen molar-refractivity contribution >= 4 is 6.03 Å². The van der Waals surface area contributed by atoms with Crippen LogP contribution in [-0.4, -0.2) is 85.7 Å². The van der Waals surface area contributed by atoms with E-state index in [1.165, 1.54) is 12.1 Å². The van der Waals surface area contributed by atoms with Crippen LogP contribution in [-0.2, 0) is 0 Å². The van der Waals surface area contributed by atoms with Crippen LogP contribution in [0.15, 0.2) is 24.3 Å². The van der Waals surface area contributed by atoms with Crippen molar-refractivity contribution in [3.05, 3.63) is 30.1 Å². The Morgan fingerprint density at radius 1 is 1.23 bits per heavy atom. The molecule has 1 atom stereocenters. The number of carbonyl (C=O) groups is 1. The molecule has 1 N–H and O–H groups in total. The lowest BCUT2D eigenvalue weighted by atomic mass is 10.1. The molecule has 1 aromatic carbocycles. The van der Waals surface area contributed by atoms with E-state index in [9.17, 15) is 9.18 Å². The monoisotopic (exact) mass is 364 g/mol. The number of nitrogens with one attached hydrogen (secondary N) is 1. The molecule has 2 fully saturated rings. The van der Waals surface area contributed by atoms with Gasteiger partial charge in [-0.05, 0) is 37.7 Å². The molecule has 2 saturated heterocycles. The van der Waals surface area contributed by atoms with Gasteiger partial charge in [0, 0.05) is 38.8 Å². The van der Waals surface area contributed by atoms with Crippen LogP contribution in [0.1, 0.15) is 13.3 Å². The Bertz CT molecular complexity index is 584. The fourth-order valence-electron chi connectivity index (χ4n) is 3.42. The molecule has 0 aliphatic carbocycles.